The second-order valence-corrected chi connectivity index (χ2v) is 5.60. The molecule has 1 aliphatic rings. The van der Waals surface area contributed by atoms with Crippen LogP contribution in [0.2, 0.25) is 0 Å². The van der Waals surface area contributed by atoms with E-state index in [0.717, 1.165) is 38.9 Å². The van der Waals surface area contributed by atoms with E-state index in [1.165, 1.54) is 0 Å². The van der Waals surface area contributed by atoms with Crippen molar-refractivity contribution in [3.63, 3.8) is 0 Å². The van der Waals surface area contributed by atoms with E-state index in [4.69, 9.17) is 5.73 Å². The van der Waals surface area contributed by atoms with Gasteiger partial charge in [-0.2, -0.15) is 0 Å². The van der Waals surface area contributed by atoms with E-state index >= 15 is 0 Å². The Morgan fingerprint density at radius 1 is 1.35 bits per heavy atom. The fourth-order valence-electron chi connectivity index (χ4n) is 2.18. The number of carbonyl (C=O) groups excluding carboxylic acids is 1. The smallest absolute Gasteiger partial charge is 0.242 e. The first kappa shape index (κ1) is 14.5. The van der Waals surface area contributed by atoms with Crippen LogP contribution in [0.15, 0.2) is 0 Å². The molecule has 0 aromatic rings. The summed E-state index contributed by atoms with van der Waals surface area (Å²) in [5.74, 6) is 0.527. The van der Waals surface area contributed by atoms with Crippen LogP contribution in [0.25, 0.3) is 0 Å². The summed E-state index contributed by atoms with van der Waals surface area (Å²) in [6.45, 7) is 6.49. The fourth-order valence-corrected chi connectivity index (χ4v) is 2.18. The van der Waals surface area contributed by atoms with E-state index in [9.17, 15) is 4.79 Å². The average Bonchev–Trinajstić information content (AvgIpc) is 3.06. The van der Waals surface area contributed by atoms with Gasteiger partial charge >= 0.3 is 0 Å². The molecule has 0 radical (unpaired) electrons. The van der Waals surface area contributed by atoms with Crippen molar-refractivity contribution in [1.82, 2.24) is 9.80 Å². The highest BCUT2D eigenvalue weighted by molar-refractivity contribution is 5.86. The van der Waals surface area contributed by atoms with Crippen LogP contribution in [-0.4, -0.2) is 55.0 Å². The minimum atomic E-state index is -0.645. The van der Waals surface area contributed by atoms with Gasteiger partial charge < -0.3 is 15.5 Å². The number of hydrogen-bond acceptors (Lipinski definition) is 3. The molecule has 0 aromatic carbocycles. The van der Waals surface area contributed by atoms with Gasteiger partial charge in [0, 0.05) is 13.1 Å². The first-order valence-corrected chi connectivity index (χ1v) is 6.62. The van der Waals surface area contributed by atoms with Crippen LogP contribution in [0, 0.1) is 5.92 Å². The van der Waals surface area contributed by atoms with Crippen molar-refractivity contribution < 1.29 is 4.79 Å². The zero-order valence-electron chi connectivity index (χ0n) is 11.7. The lowest BCUT2D eigenvalue weighted by Gasteiger charge is -2.31. The van der Waals surface area contributed by atoms with Crippen LogP contribution in [0.5, 0.6) is 0 Å². The number of nitrogens with two attached hydrogens (primary N) is 1. The van der Waals surface area contributed by atoms with Gasteiger partial charge in [-0.3, -0.25) is 4.79 Å². The topological polar surface area (TPSA) is 49.6 Å². The van der Waals surface area contributed by atoms with Gasteiger partial charge in [-0.05, 0) is 59.7 Å². The summed E-state index contributed by atoms with van der Waals surface area (Å²) in [6, 6.07) is 0. The van der Waals surface area contributed by atoms with Crippen molar-refractivity contribution in [2.75, 3.05) is 33.7 Å². The molecular formula is C13H27N3O. The molecule has 1 fully saturated rings. The molecular weight excluding hydrogens is 214 g/mol. The maximum Gasteiger partial charge on any atom is 0.242 e. The lowest BCUT2D eigenvalue weighted by atomic mass is 9.95. The molecule has 0 aromatic heterocycles. The van der Waals surface area contributed by atoms with Crippen LogP contribution in [0.3, 0.4) is 0 Å². The lowest BCUT2D eigenvalue weighted by Crippen LogP contribution is -2.55. The molecule has 4 heteroatoms. The van der Waals surface area contributed by atoms with Gasteiger partial charge in [-0.15, -0.1) is 0 Å². The first-order valence-electron chi connectivity index (χ1n) is 6.62. The molecule has 0 bridgehead atoms. The molecule has 1 rings (SSSR count). The van der Waals surface area contributed by atoms with E-state index in [0.29, 0.717) is 5.92 Å². The standard InChI is InChI=1S/C13H27N3O/c1-5-16(10-6-9-15(3)4)12(17)13(2,14)11-7-8-11/h11H,5-10,14H2,1-4H3. The molecule has 1 unspecified atom stereocenters. The number of carbonyl (C=O) groups is 1. The minimum absolute atomic E-state index is 0.126. The van der Waals surface area contributed by atoms with Crippen LogP contribution in [-0.2, 0) is 4.79 Å². The monoisotopic (exact) mass is 241 g/mol. The second-order valence-electron chi connectivity index (χ2n) is 5.60. The minimum Gasteiger partial charge on any atom is -0.341 e. The summed E-state index contributed by atoms with van der Waals surface area (Å²) < 4.78 is 0. The Kier molecular flexibility index (Phi) is 4.95. The van der Waals surface area contributed by atoms with Crippen LogP contribution < -0.4 is 5.73 Å². The quantitative estimate of drug-likeness (QED) is 0.721. The zero-order chi connectivity index (χ0) is 13.1. The molecule has 17 heavy (non-hydrogen) atoms. The maximum absolute atomic E-state index is 12.3. The van der Waals surface area contributed by atoms with E-state index < -0.39 is 5.54 Å². The molecule has 2 N–H and O–H groups in total. The molecule has 1 atom stereocenters. The Bertz CT molecular complexity index is 259. The number of hydrogen-bond donors (Lipinski definition) is 1. The summed E-state index contributed by atoms with van der Waals surface area (Å²) >= 11 is 0. The van der Waals surface area contributed by atoms with Crippen LogP contribution in [0.1, 0.15) is 33.1 Å². The number of amides is 1. The average molecular weight is 241 g/mol. The fraction of sp³-hybridized carbons (Fsp3) is 0.923. The Hall–Kier alpha value is -0.610. The summed E-state index contributed by atoms with van der Waals surface area (Å²) in [7, 11) is 4.10. The van der Waals surface area contributed by atoms with Gasteiger partial charge in [0.2, 0.25) is 5.91 Å². The molecule has 100 valence electrons. The van der Waals surface area contributed by atoms with E-state index in [2.05, 4.69) is 19.0 Å². The normalized spacial score (nSPS) is 19.2. The summed E-state index contributed by atoms with van der Waals surface area (Å²) in [5.41, 5.74) is 5.53. The molecule has 0 heterocycles. The molecule has 0 saturated heterocycles. The highest BCUT2D eigenvalue weighted by Gasteiger charge is 2.45. The number of nitrogens with zero attached hydrogens (tertiary/aromatic N) is 2. The molecule has 1 saturated carbocycles. The van der Waals surface area contributed by atoms with Crippen molar-refractivity contribution in [3.8, 4) is 0 Å². The second kappa shape index (κ2) is 5.83. The third-order valence-electron chi connectivity index (χ3n) is 3.59. The van der Waals surface area contributed by atoms with E-state index in [-0.39, 0.29) is 5.91 Å². The SMILES string of the molecule is CCN(CCCN(C)C)C(=O)C(C)(N)C1CC1. The Balaban J connectivity index is 2.45. The molecule has 1 amide bonds. The first-order chi connectivity index (χ1) is 7.89. The predicted molar refractivity (Wildman–Crippen MR) is 70.7 cm³/mol. The van der Waals surface area contributed by atoms with E-state index in [1.54, 1.807) is 0 Å². The Morgan fingerprint density at radius 3 is 2.35 bits per heavy atom. The molecule has 0 spiro atoms. The van der Waals surface area contributed by atoms with E-state index in [1.807, 2.05) is 18.7 Å². The van der Waals surface area contributed by atoms with Gasteiger partial charge in [0.05, 0.1) is 5.54 Å². The Labute approximate surface area is 105 Å². The summed E-state index contributed by atoms with van der Waals surface area (Å²) in [4.78, 5) is 16.4. The van der Waals surface area contributed by atoms with Gasteiger partial charge in [-0.1, -0.05) is 0 Å². The maximum atomic E-state index is 12.3. The number of likely N-dealkylation sites (N-methyl/N-ethyl adjacent to an activating group) is 1. The van der Waals surface area contributed by atoms with Crippen molar-refractivity contribution >= 4 is 5.91 Å². The third-order valence-corrected chi connectivity index (χ3v) is 3.59. The summed E-state index contributed by atoms with van der Waals surface area (Å²) in [6.07, 6.45) is 3.22. The van der Waals surface area contributed by atoms with Gasteiger partial charge in [0.15, 0.2) is 0 Å². The highest BCUT2D eigenvalue weighted by atomic mass is 16.2. The Morgan fingerprint density at radius 2 is 1.94 bits per heavy atom. The van der Waals surface area contributed by atoms with Crippen molar-refractivity contribution in [2.45, 2.75) is 38.6 Å². The number of rotatable bonds is 7. The largest absolute Gasteiger partial charge is 0.341 e. The summed E-state index contributed by atoms with van der Waals surface area (Å²) in [5, 5.41) is 0. The van der Waals surface area contributed by atoms with Crippen molar-refractivity contribution in [1.29, 1.82) is 0 Å². The molecule has 4 nitrogen and oxygen atoms in total. The zero-order valence-corrected chi connectivity index (χ0v) is 11.7. The van der Waals surface area contributed by atoms with Crippen molar-refractivity contribution in [2.24, 2.45) is 11.7 Å². The van der Waals surface area contributed by atoms with Gasteiger partial charge in [0.25, 0.3) is 0 Å². The molecule has 0 aliphatic heterocycles. The highest BCUT2D eigenvalue weighted by Crippen LogP contribution is 2.38. The van der Waals surface area contributed by atoms with Crippen LogP contribution in [0.4, 0.5) is 0 Å². The van der Waals surface area contributed by atoms with Crippen LogP contribution >= 0.6 is 0 Å². The van der Waals surface area contributed by atoms with Crippen molar-refractivity contribution in [3.05, 3.63) is 0 Å². The molecule has 1 aliphatic carbocycles. The predicted octanol–water partition coefficient (Wildman–Crippen LogP) is 0.914. The van der Waals surface area contributed by atoms with Gasteiger partial charge in [0.1, 0.15) is 0 Å². The third kappa shape index (κ3) is 3.96. The van der Waals surface area contributed by atoms with Gasteiger partial charge in [-0.25, -0.2) is 0 Å². The lowest BCUT2D eigenvalue weighted by molar-refractivity contribution is -0.137.